The summed E-state index contributed by atoms with van der Waals surface area (Å²) in [6.07, 6.45) is 0. The molecule has 0 unspecified atom stereocenters. The van der Waals surface area contributed by atoms with Crippen molar-refractivity contribution in [3.63, 3.8) is 0 Å². The third-order valence-corrected chi connectivity index (χ3v) is 3.71. The summed E-state index contributed by atoms with van der Waals surface area (Å²) < 4.78 is 0. The monoisotopic (exact) mass is 284 g/mol. The lowest BCUT2D eigenvalue weighted by Gasteiger charge is -2.17. The van der Waals surface area contributed by atoms with Crippen LogP contribution in [0.5, 0.6) is 0 Å². The molecule has 0 fully saturated rings. The molecule has 0 amide bonds. The van der Waals surface area contributed by atoms with Crippen molar-refractivity contribution in [2.75, 3.05) is 5.88 Å². The highest BCUT2D eigenvalue weighted by Crippen LogP contribution is 2.34. The van der Waals surface area contributed by atoms with Gasteiger partial charge in [-0.2, -0.15) is 0 Å². The molecule has 0 N–H and O–H groups in total. The topological polar surface area (TPSA) is 0 Å². The Morgan fingerprint density at radius 2 is 1.18 bits per heavy atom. The van der Waals surface area contributed by atoms with Crippen molar-refractivity contribution in [3.8, 4) is 0 Å². The van der Waals surface area contributed by atoms with E-state index in [1.165, 1.54) is 0 Å². The molecule has 2 aromatic rings. The smallest absolute Gasteiger partial charge is 0.0444 e. The largest absolute Gasteiger partial charge is 0.126 e. The molecule has 0 atom stereocenters. The molecule has 3 heteroatoms. The highest BCUT2D eigenvalue weighted by molar-refractivity contribution is 6.32. The van der Waals surface area contributed by atoms with Crippen molar-refractivity contribution in [3.05, 3.63) is 69.7 Å². The lowest BCUT2D eigenvalue weighted by Crippen LogP contribution is -2.04. The van der Waals surface area contributed by atoms with Crippen molar-refractivity contribution in [2.45, 2.75) is 5.92 Å². The van der Waals surface area contributed by atoms with E-state index in [0.29, 0.717) is 5.88 Å². The van der Waals surface area contributed by atoms with Crippen LogP contribution in [0.3, 0.4) is 0 Å². The molecule has 2 rings (SSSR count). The Kier molecular flexibility index (Phi) is 4.33. The standard InChI is InChI=1S/C14H11Cl3/c15-9-12(10-5-1-3-7-13(10)16)11-6-2-4-8-14(11)17/h1-8,12H,9H2. The average molecular weight is 286 g/mol. The van der Waals surface area contributed by atoms with E-state index in [4.69, 9.17) is 34.8 Å². The van der Waals surface area contributed by atoms with Gasteiger partial charge in [-0.25, -0.2) is 0 Å². The van der Waals surface area contributed by atoms with Crippen LogP contribution in [0.4, 0.5) is 0 Å². The van der Waals surface area contributed by atoms with Crippen LogP contribution in [0, 0.1) is 0 Å². The van der Waals surface area contributed by atoms with Crippen LogP contribution in [0.1, 0.15) is 17.0 Å². The number of benzene rings is 2. The van der Waals surface area contributed by atoms with Crippen molar-refractivity contribution in [1.29, 1.82) is 0 Å². The molecule has 0 nitrogen and oxygen atoms in total. The summed E-state index contributed by atoms with van der Waals surface area (Å²) in [5.74, 6) is 0.479. The maximum atomic E-state index is 6.20. The van der Waals surface area contributed by atoms with Crippen molar-refractivity contribution >= 4 is 34.8 Å². The summed E-state index contributed by atoms with van der Waals surface area (Å²) in [6, 6.07) is 15.4. The zero-order valence-electron chi connectivity index (χ0n) is 9.04. The van der Waals surface area contributed by atoms with Gasteiger partial charge in [-0.15, -0.1) is 11.6 Å². The minimum absolute atomic E-state index is 0.0269. The lowest BCUT2D eigenvalue weighted by atomic mass is 9.93. The normalized spacial score (nSPS) is 10.8. The first-order valence-corrected chi connectivity index (χ1v) is 6.58. The van der Waals surface area contributed by atoms with E-state index in [0.717, 1.165) is 21.2 Å². The minimum atomic E-state index is 0.0269. The summed E-state index contributed by atoms with van der Waals surface area (Å²) in [7, 11) is 0. The molecule has 0 saturated heterocycles. The van der Waals surface area contributed by atoms with Crippen molar-refractivity contribution in [1.82, 2.24) is 0 Å². The fourth-order valence-corrected chi connectivity index (χ4v) is 2.72. The molecule has 2 aromatic carbocycles. The summed E-state index contributed by atoms with van der Waals surface area (Å²) in [6.45, 7) is 0. The number of hydrogen-bond acceptors (Lipinski definition) is 0. The van der Waals surface area contributed by atoms with Crippen LogP contribution in [0.15, 0.2) is 48.5 Å². The Balaban J connectivity index is 2.48. The van der Waals surface area contributed by atoms with Crippen LogP contribution in [0.2, 0.25) is 10.0 Å². The van der Waals surface area contributed by atoms with E-state index in [2.05, 4.69) is 0 Å². The summed E-state index contributed by atoms with van der Waals surface area (Å²) in [5, 5.41) is 1.44. The molecule has 0 aliphatic carbocycles. The molecule has 0 aromatic heterocycles. The van der Waals surface area contributed by atoms with Gasteiger partial charge in [0.25, 0.3) is 0 Å². The molecule has 17 heavy (non-hydrogen) atoms. The van der Waals surface area contributed by atoms with Crippen LogP contribution < -0.4 is 0 Å². The van der Waals surface area contributed by atoms with E-state index in [1.54, 1.807) is 0 Å². The lowest BCUT2D eigenvalue weighted by molar-refractivity contribution is 0.931. The van der Waals surface area contributed by atoms with Gasteiger partial charge in [-0.3, -0.25) is 0 Å². The maximum absolute atomic E-state index is 6.20. The SMILES string of the molecule is ClCC(c1ccccc1Cl)c1ccccc1Cl. The van der Waals surface area contributed by atoms with Crippen LogP contribution in [-0.4, -0.2) is 5.88 Å². The summed E-state index contributed by atoms with van der Waals surface area (Å²) in [4.78, 5) is 0. The molecular formula is C14H11Cl3. The van der Waals surface area contributed by atoms with Gasteiger partial charge in [0.2, 0.25) is 0 Å². The number of alkyl halides is 1. The Morgan fingerprint density at radius 3 is 1.53 bits per heavy atom. The zero-order valence-corrected chi connectivity index (χ0v) is 11.3. The van der Waals surface area contributed by atoms with Crippen molar-refractivity contribution < 1.29 is 0 Å². The second-order valence-electron chi connectivity index (χ2n) is 3.75. The first-order valence-electron chi connectivity index (χ1n) is 5.29. The minimum Gasteiger partial charge on any atom is -0.126 e. The highest BCUT2D eigenvalue weighted by Gasteiger charge is 2.17. The second-order valence-corrected chi connectivity index (χ2v) is 4.87. The quantitative estimate of drug-likeness (QED) is 0.666. The Morgan fingerprint density at radius 1 is 0.765 bits per heavy atom. The van der Waals surface area contributed by atoms with Gasteiger partial charge in [-0.05, 0) is 23.3 Å². The summed E-state index contributed by atoms with van der Waals surface area (Å²) in [5.41, 5.74) is 2.02. The van der Waals surface area contributed by atoms with Gasteiger partial charge in [0.1, 0.15) is 0 Å². The number of halogens is 3. The number of rotatable bonds is 3. The fraction of sp³-hybridized carbons (Fsp3) is 0.143. The first-order chi connectivity index (χ1) is 8.24. The Labute approximate surface area is 116 Å². The predicted octanol–water partition coefficient (Wildman–Crippen LogP) is 5.36. The Hall–Kier alpha value is -0.690. The van der Waals surface area contributed by atoms with E-state index in [-0.39, 0.29) is 5.92 Å². The van der Waals surface area contributed by atoms with Gasteiger partial charge < -0.3 is 0 Å². The molecule has 0 bridgehead atoms. The van der Waals surface area contributed by atoms with Gasteiger partial charge in [0.15, 0.2) is 0 Å². The van der Waals surface area contributed by atoms with Gasteiger partial charge in [0, 0.05) is 21.8 Å². The molecule has 0 aliphatic rings. The van der Waals surface area contributed by atoms with Crippen LogP contribution in [0.25, 0.3) is 0 Å². The molecule has 88 valence electrons. The van der Waals surface area contributed by atoms with Crippen LogP contribution >= 0.6 is 34.8 Å². The van der Waals surface area contributed by atoms with Crippen LogP contribution in [-0.2, 0) is 0 Å². The van der Waals surface area contributed by atoms with Gasteiger partial charge in [-0.1, -0.05) is 59.6 Å². The van der Waals surface area contributed by atoms with Gasteiger partial charge >= 0.3 is 0 Å². The molecule has 0 radical (unpaired) electrons. The fourth-order valence-electron chi connectivity index (χ4n) is 1.85. The predicted molar refractivity (Wildman–Crippen MR) is 75.5 cm³/mol. The molecule has 0 heterocycles. The van der Waals surface area contributed by atoms with E-state index in [9.17, 15) is 0 Å². The molecular weight excluding hydrogens is 275 g/mol. The van der Waals surface area contributed by atoms with E-state index in [1.807, 2.05) is 48.5 Å². The highest BCUT2D eigenvalue weighted by atomic mass is 35.5. The van der Waals surface area contributed by atoms with Crippen molar-refractivity contribution in [2.24, 2.45) is 0 Å². The second kappa shape index (κ2) is 5.77. The average Bonchev–Trinajstić information content (AvgIpc) is 2.34. The Bertz CT molecular complexity index is 463. The molecule has 0 spiro atoms. The number of hydrogen-bond donors (Lipinski definition) is 0. The maximum Gasteiger partial charge on any atom is 0.0444 e. The first kappa shape index (κ1) is 12.8. The third kappa shape index (κ3) is 2.77. The van der Waals surface area contributed by atoms with E-state index >= 15 is 0 Å². The zero-order chi connectivity index (χ0) is 12.3. The van der Waals surface area contributed by atoms with E-state index < -0.39 is 0 Å². The third-order valence-electron chi connectivity index (χ3n) is 2.72. The molecule has 0 aliphatic heterocycles. The molecule has 0 saturated carbocycles. The van der Waals surface area contributed by atoms with Gasteiger partial charge in [0.05, 0.1) is 0 Å². The summed E-state index contributed by atoms with van der Waals surface area (Å²) >= 11 is 18.5.